The molecule has 0 aliphatic carbocycles. The van der Waals surface area contributed by atoms with E-state index in [9.17, 15) is 9.59 Å². The molecular formula is C22H25N3O2S2. The Balaban J connectivity index is 1.94. The Morgan fingerprint density at radius 2 is 1.97 bits per heavy atom. The number of hydrogen-bond acceptors (Lipinski definition) is 5. The second-order valence-electron chi connectivity index (χ2n) is 7.68. The highest BCUT2D eigenvalue weighted by molar-refractivity contribution is 8.00. The van der Waals surface area contributed by atoms with Gasteiger partial charge in [0.2, 0.25) is 5.91 Å². The normalized spacial score (nSPS) is 17.4. The van der Waals surface area contributed by atoms with Crippen LogP contribution >= 0.6 is 23.1 Å². The van der Waals surface area contributed by atoms with Gasteiger partial charge in [0.1, 0.15) is 4.83 Å². The molecule has 1 saturated heterocycles. The Morgan fingerprint density at radius 1 is 1.17 bits per heavy atom. The molecule has 0 spiro atoms. The summed E-state index contributed by atoms with van der Waals surface area (Å²) in [5.74, 6) is 0.0348. The molecule has 0 unspecified atom stereocenters. The molecule has 29 heavy (non-hydrogen) atoms. The van der Waals surface area contributed by atoms with Gasteiger partial charge in [-0.2, -0.15) is 0 Å². The van der Waals surface area contributed by atoms with Crippen molar-refractivity contribution in [2.45, 2.75) is 57.4 Å². The zero-order valence-corrected chi connectivity index (χ0v) is 18.8. The Hall–Kier alpha value is -2.12. The lowest BCUT2D eigenvalue weighted by molar-refractivity contribution is -0.120. The zero-order chi connectivity index (χ0) is 20.7. The summed E-state index contributed by atoms with van der Waals surface area (Å²) in [5, 5.41) is 4.03. The van der Waals surface area contributed by atoms with E-state index in [1.54, 1.807) is 15.9 Å². The molecule has 1 amide bonds. The summed E-state index contributed by atoms with van der Waals surface area (Å²) in [6.45, 7) is 8.77. The summed E-state index contributed by atoms with van der Waals surface area (Å²) in [5.41, 5.74) is 3.93. The first-order valence-corrected chi connectivity index (χ1v) is 11.6. The number of carbonyl (C=O) groups is 1. The first-order chi connectivity index (χ1) is 13.9. The fraction of sp³-hybridized carbons (Fsp3) is 0.409. The van der Waals surface area contributed by atoms with E-state index in [0.29, 0.717) is 10.5 Å². The number of fused-ring (bicyclic) bond motifs is 1. The molecule has 1 aliphatic rings. The van der Waals surface area contributed by atoms with E-state index in [0.717, 1.165) is 57.9 Å². The first kappa shape index (κ1) is 20.2. The van der Waals surface area contributed by atoms with Gasteiger partial charge in [0, 0.05) is 11.4 Å². The quantitative estimate of drug-likeness (QED) is 0.628. The summed E-state index contributed by atoms with van der Waals surface area (Å²) < 4.78 is 1.71. The third-order valence-corrected chi connectivity index (χ3v) is 7.82. The minimum Gasteiger partial charge on any atom is -0.355 e. The molecule has 0 bridgehead atoms. The van der Waals surface area contributed by atoms with E-state index in [4.69, 9.17) is 4.98 Å². The molecule has 0 saturated carbocycles. The summed E-state index contributed by atoms with van der Waals surface area (Å²) in [4.78, 5) is 32.9. The molecule has 5 nitrogen and oxygen atoms in total. The van der Waals surface area contributed by atoms with Crippen LogP contribution in [-0.2, 0) is 4.79 Å². The van der Waals surface area contributed by atoms with Gasteiger partial charge < -0.3 is 5.32 Å². The van der Waals surface area contributed by atoms with E-state index in [1.807, 2.05) is 39.8 Å². The van der Waals surface area contributed by atoms with E-state index < -0.39 is 0 Å². The van der Waals surface area contributed by atoms with Gasteiger partial charge in [0.25, 0.3) is 5.56 Å². The van der Waals surface area contributed by atoms with Crippen molar-refractivity contribution >= 4 is 39.2 Å². The topological polar surface area (TPSA) is 64.0 Å². The predicted molar refractivity (Wildman–Crippen MR) is 121 cm³/mol. The van der Waals surface area contributed by atoms with E-state index in [2.05, 4.69) is 11.4 Å². The Morgan fingerprint density at radius 3 is 2.72 bits per heavy atom. The van der Waals surface area contributed by atoms with Gasteiger partial charge >= 0.3 is 0 Å². The summed E-state index contributed by atoms with van der Waals surface area (Å²) in [7, 11) is 0. The van der Waals surface area contributed by atoms with Crippen molar-refractivity contribution in [2.24, 2.45) is 0 Å². The highest BCUT2D eigenvalue weighted by Gasteiger charge is 2.26. The van der Waals surface area contributed by atoms with E-state index in [1.165, 1.54) is 11.8 Å². The first-order valence-electron chi connectivity index (χ1n) is 9.91. The summed E-state index contributed by atoms with van der Waals surface area (Å²) >= 11 is 2.96. The Kier molecular flexibility index (Phi) is 5.53. The average Bonchev–Trinajstić information content (AvgIpc) is 2.81. The van der Waals surface area contributed by atoms with Gasteiger partial charge in [-0.15, -0.1) is 11.3 Å². The number of aryl methyl sites for hydroxylation is 4. The number of amides is 1. The average molecular weight is 428 g/mol. The van der Waals surface area contributed by atoms with E-state index in [-0.39, 0.29) is 16.7 Å². The number of hydrogen-bond donors (Lipinski definition) is 1. The lowest BCUT2D eigenvalue weighted by atomic mass is 10.1. The molecule has 7 heteroatoms. The number of carbonyl (C=O) groups excluding carboxylic acids is 1. The third-order valence-electron chi connectivity index (χ3n) is 5.50. The predicted octanol–water partition coefficient (Wildman–Crippen LogP) is 4.44. The molecule has 0 radical (unpaired) electrons. The van der Waals surface area contributed by atoms with Gasteiger partial charge in [-0.25, -0.2) is 4.98 Å². The number of nitrogens with zero attached hydrogens (tertiary/aromatic N) is 2. The molecule has 4 rings (SSSR count). The molecular weight excluding hydrogens is 402 g/mol. The Bertz CT molecular complexity index is 1160. The van der Waals surface area contributed by atoms with Gasteiger partial charge in [-0.3, -0.25) is 14.2 Å². The van der Waals surface area contributed by atoms with Crippen LogP contribution in [0, 0.1) is 27.7 Å². The van der Waals surface area contributed by atoms with Crippen molar-refractivity contribution < 1.29 is 4.79 Å². The third kappa shape index (κ3) is 3.73. The van der Waals surface area contributed by atoms with Crippen LogP contribution in [-0.4, -0.2) is 27.3 Å². The minimum absolute atomic E-state index is 0.0348. The Labute approximate surface area is 178 Å². The van der Waals surface area contributed by atoms with Crippen molar-refractivity contribution in [3.63, 3.8) is 0 Å². The second kappa shape index (κ2) is 7.95. The minimum atomic E-state index is -0.235. The molecule has 152 valence electrons. The second-order valence-corrected chi connectivity index (χ2v) is 10.1. The fourth-order valence-corrected chi connectivity index (χ4v) is 6.01. The van der Waals surface area contributed by atoms with Crippen molar-refractivity contribution in [3.8, 4) is 5.69 Å². The van der Waals surface area contributed by atoms with Crippen LogP contribution in [0.3, 0.4) is 0 Å². The maximum absolute atomic E-state index is 13.6. The van der Waals surface area contributed by atoms with Gasteiger partial charge in [0.15, 0.2) is 5.16 Å². The van der Waals surface area contributed by atoms with Gasteiger partial charge in [-0.1, -0.05) is 35.9 Å². The lowest BCUT2D eigenvalue weighted by Gasteiger charge is -2.18. The number of thiophene rings is 1. The highest BCUT2D eigenvalue weighted by Crippen LogP contribution is 2.33. The number of aromatic nitrogens is 2. The lowest BCUT2D eigenvalue weighted by Crippen LogP contribution is -2.31. The van der Waals surface area contributed by atoms with Crippen molar-refractivity contribution in [1.82, 2.24) is 14.9 Å². The molecule has 1 aromatic carbocycles. The molecule has 3 heterocycles. The fourth-order valence-electron chi connectivity index (χ4n) is 3.77. The number of thioether (sulfide) groups is 1. The molecule has 1 N–H and O–H groups in total. The highest BCUT2D eigenvalue weighted by atomic mass is 32.2. The number of benzene rings is 1. The maximum atomic E-state index is 13.6. The van der Waals surface area contributed by atoms with Crippen LogP contribution in [0.2, 0.25) is 0 Å². The molecule has 3 aromatic rings. The molecule has 2 aromatic heterocycles. The van der Waals surface area contributed by atoms with Crippen molar-refractivity contribution in [3.05, 3.63) is 50.1 Å². The summed E-state index contributed by atoms with van der Waals surface area (Å²) in [6, 6.07) is 6.06. The van der Waals surface area contributed by atoms with Crippen LogP contribution < -0.4 is 10.9 Å². The largest absolute Gasteiger partial charge is 0.355 e. The molecule has 1 aliphatic heterocycles. The van der Waals surface area contributed by atoms with Gasteiger partial charge in [-0.05, 0) is 57.7 Å². The van der Waals surface area contributed by atoms with Crippen LogP contribution in [0.5, 0.6) is 0 Å². The summed E-state index contributed by atoms with van der Waals surface area (Å²) in [6.07, 6.45) is 2.77. The zero-order valence-electron chi connectivity index (χ0n) is 17.2. The number of nitrogens with one attached hydrogen (secondary N) is 1. The maximum Gasteiger partial charge on any atom is 0.267 e. The smallest absolute Gasteiger partial charge is 0.267 e. The van der Waals surface area contributed by atoms with Gasteiger partial charge in [0.05, 0.1) is 16.3 Å². The SMILES string of the molecule is Cc1ccc(-n2c(S[C@H]3CCCCNC3=O)nc3sc(C)c(C)c3c2=O)c(C)c1. The van der Waals surface area contributed by atoms with Crippen LogP contribution in [0.25, 0.3) is 15.9 Å². The van der Waals surface area contributed by atoms with Crippen LogP contribution in [0.1, 0.15) is 40.8 Å². The molecule has 1 fully saturated rings. The monoisotopic (exact) mass is 427 g/mol. The van der Waals surface area contributed by atoms with Crippen LogP contribution in [0.15, 0.2) is 28.2 Å². The van der Waals surface area contributed by atoms with Crippen molar-refractivity contribution in [1.29, 1.82) is 0 Å². The molecule has 1 atom stereocenters. The number of rotatable bonds is 3. The van der Waals surface area contributed by atoms with Crippen molar-refractivity contribution in [2.75, 3.05) is 6.54 Å². The van der Waals surface area contributed by atoms with E-state index >= 15 is 0 Å². The standard InChI is InChI=1S/C22H25N3O2S2/c1-12-8-9-16(13(2)11-12)25-21(27)18-14(3)15(4)28-20(18)24-22(25)29-17-7-5-6-10-23-19(17)26/h8-9,11,17H,5-7,10H2,1-4H3,(H,23,26)/t17-/m0/s1. The van der Waals surface area contributed by atoms with Crippen LogP contribution in [0.4, 0.5) is 0 Å².